The van der Waals surface area contributed by atoms with Crippen molar-refractivity contribution in [3.63, 3.8) is 0 Å². The topological polar surface area (TPSA) is 20.2 Å². The number of aromatic hydroxyl groups is 1. The van der Waals surface area contributed by atoms with Crippen molar-refractivity contribution in [2.45, 2.75) is 26.7 Å². The van der Waals surface area contributed by atoms with Gasteiger partial charge in [-0.25, -0.2) is 0 Å². The maximum absolute atomic E-state index is 9.41. The van der Waals surface area contributed by atoms with Gasteiger partial charge in [0, 0.05) is 5.92 Å². The highest BCUT2D eigenvalue weighted by Gasteiger charge is 2.27. The molecular formula is C17H20O. The molecule has 1 heteroatoms. The van der Waals surface area contributed by atoms with Crippen molar-refractivity contribution >= 4 is 0 Å². The maximum atomic E-state index is 9.41. The Morgan fingerprint density at radius 3 is 1.78 bits per heavy atom. The lowest BCUT2D eigenvalue weighted by Crippen LogP contribution is -2.19. The van der Waals surface area contributed by atoms with E-state index in [1.54, 1.807) is 12.1 Å². The summed E-state index contributed by atoms with van der Waals surface area (Å²) in [5, 5.41) is 9.41. The maximum Gasteiger partial charge on any atom is 0.115 e. The van der Waals surface area contributed by atoms with Crippen molar-refractivity contribution in [1.82, 2.24) is 0 Å². The Balaban J connectivity index is 2.47. The van der Waals surface area contributed by atoms with Gasteiger partial charge in [0.05, 0.1) is 0 Å². The van der Waals surface area contributed by atoms with Crippen LogP contribution in [0.1, 0.15) is 37.8 Å². The summed E-state index contributed by atoms with van der Waals surface area (Å²) in [6, 6.07) is 18.1. The Morgan fingerprint density at radius 1 is 0.778 bits per heavy atom. The van der Waals surface area contributed by atoms with Gasteiger partial charge in [0.25, 0.3) is 0 Å². The zero-order chi connectivity index (χ0) is 13.2. The molecule has 2 aromatic carbocycles. The van der Waals surface area contributed by atoms with Crippen molar-refractivity contribution in [2.75, 3.05) is 0 Å². The molecule has 0 aromatic heterocycles. The van der Waals surface area contributed by atoms with Gasteiger partial charge in [-0.1, -0.05) is 63.2 Å². The third kappa shape index (κ3) is 2.73. The van der Waals surface area contributed by atoms with Gasteiger partial charge in [-0.05, 0) is 28.7 Å². The molecule has 2 aromatic rings. The molecule has 1 unspecified atom stereocenters. The van der Waals surface area contributed by atoms with Crippen LogP contribution in [0.2, 0.25) is 0 Å². The number of hydrogen-bond donors (Lipinski definition) is 1. The second kappa shape index (κ2) is 4.85. The fourth-order valence-corrected chi connectivity index (χ4v) is 2.50. The van der Waals surface area contributed by atoms with Crippen LogP contribution in [0, 0.1) is 5.41 Å². The Kier molecular flexibility index (Phi) is 3.42. The smallest absolute Gasteiger partial charge is 0.115 e. The standard InChI is InChI=1S/C17H20O/c1-17(2,3)16(13-7-5-4-6-8-13)14-9-11-15(18)12-10-14/h4-12,16,18H,1-3H3. The lowest BCUT2D eigenvalue weighted by Gasteiger charge is -2.31. The summed E-state index contributed by atoms with van der Waals surface area (Å²) in [6.07, 6.45) is 0. The predicted molar refractivity (Wildman–Crippen MR) is 75.8 cm³/mol. The highest BCUT2D eigenvalue weighted by Crippen LogP contribution is 2.40. The molecule has 18 heavy (non-hydrogen) atoms. The summed E-state index contributed by atoms with van der Waals surface area (Å²) in [5.41, 5.74) is 2.69. The Bertz CT molecular complexity index is 491. The molecule has 2 rings (SSSR count). The van der Waals surface area contributed by atoms with E-state index in [-0.39, 0.29) is 5.41 Å². The van der Waals surface area contributed by atoms with Crippen LogP contribution < -0.4 is 0 Å². The molecule has 0 spiro atoms. The van der Waals surface area contributed by atoms with Crippen molar-refractivity contribution < 1.29 is 5.11 Å². The molecule has 0 aliphatic rings. The van der Waals surface area contributed by atoms with Crippen molar-refractivity contribution in [1.29, 1.82) is 0 Å². The first-order valence-electron chi connectivity index (χ1n) is 6.32. The van der Waals surface area contributed by atoms with Crippen LogP contribution >= 0.6 is 0 Å². The minimum atomic E-state index is 0.137. The van der Waals surface area contributed by atoms with Crippen molar-refractivity contribution in [2.24, 2.45) is 5.41 Å². The van der Waals surface area contributed by atoms with Crippen LogP contribution in [-0.4, -0.2) is 5.11 Å². The molecule has 1 nitrogen and oxygen atoms in total. The van der Waals surface area contributed by atoms with Crippen molar-refractivity contribution in [3.05, 3.63) is 65.7 Å². The van der Waals surface area contributed by atoms with E-state index < -0.39 is 0 Å². The molecule has 0 saturated carbocycles. The first kappa shape index (κ1) is 12.7. The molecule has 1 N–H and O–H groups in total. The lowest BCUT2D eigenvalue weighted by atomic mass is 9.72. The predicted octanol–water partition coefficient (Wildman–Crippen LogP) is 4.57. The first-order chi connectivity index (χ1) is 8.48. The van der Waals surface area contributed by atoms with E-state index >= 15 is 0 Å². The molecular weight excluding hydrogens is 220 g/mol. The fraction of sp³-hybridized carbons (Fsp3) is 0.294. The van der Waals surface area contributed by atoms with Gasteiger partial charge in [0.1, 0.15) is 5.75 Å². The summed E-state index contributed by atoms with van der Waals surface area (Å²) in [4.78, 5) is 0. The SMILES string of the molecule is CC(C)(C)C(c1ccccc1)c1ccc(O)cc1. The molecule has 1 atom stereocenters. The number of phenols is 1. The summed E-state index contributed by atoms with van der Waals surface area (Å²) in [6.45, 7) is 6.74. The van der Waals surface area contributed by atoms with E-state index in [1.165, 1.54) is 11.1 Å². The highest BCUT2D eigenvalue weighted by atomic mass is 16.3. The first-order valence-corrected chi connectivity index (χ1v) is 6.32. The van der Waals surface area contributed by atoms with E-state index in [9.17, 15) is 5.11 Å². The molecule has 0 fully saturated rings. The molecule has 0 radical (unpaired) electrons. The van der Waals surface area contributed by atoms with E-state index in [0.717, 1.165) is 0 Å². The molecule has 94 valence electrons. The van der Waals surface area contributed by atoms with E-state index in [2.05, 4.69) is 45.0 Å². The third-order valence-corrected chi connectivity index (χ3v) is 3.23. The van der Waals surface area contributed by atoms with Crippen LogP contribution in [-0.2, 0) is 0 Å². The molecule has 0 amide bonds. The van der Waals surface area contributed by atoms with E-state index in [1.807, 2.05) is 18.2 Å². The van der Waals surface area contributed by atoms with Gasteiger partial charge in [0.2, 0.25) is 0 Å². The second-order valence-corrected chi connectivity index (χ2v) is 5.80. The molecule has 0 aliphatic carbocycles. The minimum Gasteiger partial charge on any atom is -0.508 e. The van der Waals surface area contributed by atoms with Gasteiger partial charge in [-0.2, -0.15) is 0 Å². The van der Waals surface area contributed by atoms with Gasteiger partial charge in [-0.15, -0.1) is 0 Å². The Morgan fingerprint density at radius 2 is 1.28 bits per heavy atom. The van der Waals surface area contributed by atoms with E-state index in [0.29, 0.717) is 11.7 Å². The van der Waals surface area contributed by atoms with Crippen LogP contribution in [0.15, 0.2) is 54.6 Å². The second-order valence-electron chi connectivity index (χ2n) is 5.80. The summed E-state index contributed by atoms with van der Waals surface area (Å²) >= 11 is 0. The normalized spacial score (nSPS) is 13.3. The average molecular weight is 240 g/mol. The molecule has 0 aliphatic heterocycles. The fourth-order valence-electron chi connectivity index (χ4n) is 2.50. The van der Waals surface area contributed by atoms with Gasteiger partial charge >= 0.3 is 0 Å². The number of benzene rings is 2. The highest BCUT2D eigenvalue weighted by molar-refractivity contribution is 5.37. The number of rotatable bonds is 2. The zero-order valence-electron chi connectivity index (χ0n) is 11.2. The van der Waals surface area contributed by atoms with E-state index in [4.69, 9.17) is 0 Å². The van der Waals surface area contributed by atoms with Crippen LogP contribution in [0.25, 0.3) is 0 Å². The Hall–Kier alpha value is -1.76. The lowest BCUT2D eigenvalue weighted by molar-refractivity contribution is 0.358. The third-order valence-electron chi connectivity index (χ3n) is 3.23. The molecule has 0 heterocycles. The van der Waals surface area contributed by atoms with Crippen molar-refractivity contribution in [3.8, 4) is 5.75 Å². The summed E-state index contributed by atoms with van der Waals surface area (Å²) in [5.74, 6) is 0.652. The quantitative estimate of drug-likeness (QED) is 0.815. The van der Waals surface area contributed by atoms with Gasteiger partial charge in [-0.3, -0.25) is 0 Å². The monoisotopic (exact) mass is 240 g/mol. The summed E-state index contributed by atoms with van der Waals surface area (Å²) < 4.78 is 0. The molecule has 0 saturated heterocycles. The van der Waals surface area contributed by atoms with Crippen LogP contribution in [0.3, 0.4) is 0 Å². The summed E-state index contributed by atoms with van der Waals surface area (Å²) in [7, 11) is 0. The Labute approximate surface area is 109 Å². The molecule has 0 bridgehead atoms. The van der Waals surface area contributed by atoms with Gasteiger partial charge in [0.15, 0.2) is 0 Å². The zero-order valence-corrected chi connectivity index (χ0v) is 11.2. The van der Waals surface area contributed by atoms with Crippen LogP contribution in [0.5, 0.6) is 5.75 Å². The number of phenolic OH excluding ortho intramolecular Hbond substituents is 1. The van der Waals surface area contributed by atoms with Gasteiger partial charge < -0.3 is 5.11 Å². The minimum absolute atomic E-state index is 0.137. The largest absolute Gasteiger partial charge is 0.508 e. The van der Waals surface area contributed by atoms with Crippen LogP contribution in [0.4, 0.5) is 0 Å². The number of hydrogen-bond acceptors (Lipinski definition) is 1. The average Bonchev–Trinajstić information content (AvgIpc) is 2.32.